The molecule has 3 heteroatoms. The number of rotatable bonds is 3. The molecule has 76 valence electrons. The molecule has 0 aromatic carbocycles. The fourth-order valence-electron chi connectivity index (χ4n) is 1.18. The van der Waals surface area contributed by atoms with Gasteiger partial charge in [-0.25, -0.2) is 4.98 Å². The first-order valence-corrected chi connectivity index (χ1v) is 4.73. The molecule has 0 radical (unpaired) electrons. The lowest BCUT2D eigenvalue weighted by Gasteiger charge is -2.09. The van der Waals surface area contributed by atoms with Gasteiger partial charge in [0.25, 0.3) is 0 Å². The summed E-state index contributed by atoms with van der Waals surface area (Å²) in [5.74, 6) is 0.0986. The van der Waals surface area contributed by atoms with E-state index in [1.54, 1.807) is 19.4 Å². The van der Waals surface area contributed by atoms with Gasteiger partial charge < -0.3 is 4.57 Å². The van der Waals surface area contributed by atoms with Gasteiger partial charge in [-0.1, -0.05) is 0 Å². The highest BCUT2D eigenvalue weighted by molar-refractivity contribution is 5.96. The zero-order chi connectivity index (χ0) is 10.7. The second-order valence-electron chi connectivity index (χ2n) is 3.70. The van der Waals surface area contributed by atoms with Crippen LogP contribution in [0.15, 0.2) is 18.1 Å². The average molecular weight is 192 g/mol. The van der Waals surface area contributed by atoms with Gasteiger partial charge in [-0.3, -0.25) is 4.79 Å². The van der Waals surface area contributed by atoms with Gasteiger partial charge in [0.15, 0.2) is 5.78 Å². The molecule has 0 atom stereocenters. The number of allylic oxidation sites excluding steroid dienone is 1. The Bertz CT molecular complexity index is 361. The predicted molar refractivity (Wildman–Crippen MR) is 56.9 cm³/mol. The van der Waals surface area contributed by atoms with E-state index in [1.165, 1.54) is 0 Å². The molecule has 1 aromatic rings. The van der Waals surface area contributed by atoms with Crippen LogP contribution in [0.1, 0.15) is 39.4 Å². The van der Waals surface area contributed by atoms with Crippen molar-refractivity contribution in [1.82, 2.24) is 9.55 Å². The lowest BCUT2D eigenvalue weighted by Crippen LogP contribution is -2.02. The molecule has 0 aliphatic carbocycles. The molecule has 0 spiro atoms. The van der Waals surface area contributed by atoms with Gasteiger partial charge in [-0.05, 0) is 39.3 Å². The van der Waals surface area contributed by atoms with Gasteiger partial charge in [0, 0.05) is 6.04 Å². The number of ketones is 1. The van der Waals surface area contributed by atoms with E-state index in [4.69, 9.17) is 0 Å². The number of Topliss-reactive ketones (excluding diaryl/α,β-unsaturated/α-hetero) is 1. The van der Waals surface area contributed by atoms with Gasteiger partial charge in [-0.2, -0.15) is 0 Å². The molecule has 0 aliphatic rings. The highest BCUT2D eigenvalue weighted by Crippen LogP contribution is 2.12. The van der Waals surface area contributed by atoms with Crippen LogP contribution in [-0.2, 0) is 4.79 Å². The first kappa shape index (κ1) is 10.7. The molecule has 0 amide bonds. The van der Waals surface area contributed by atoms with Crippen LogP contribution in [0.5, 0.6) is 0 Å². The number of imidazole rings is 1. The van der Waals surface area contributed by atoms with Crippen molar-refractivity contribution in [2.75, 3.05) is 0 Å². The summed E-state index contributed by atoms with van der Waals surface area (Å²) in [4.78, 5) is 15.1. The third kappa shape index (κ3) is 2.31. The molecule has 0 N–H and O–H groups in total. The fraction of sp³-hybridized carbons (Fsp3) is 0.455. The van der Waals surface area contributed by atoms with Crippen molar-refractivity contribution in [1.29, 1.82) is 0 Å². The van der Waals surface area contributed by atoms with E-state index in [0.717, 1.165) is 11.3 Å². The zero-order valence-corrected chi connectivity index (χ0v) is 9.11. The van der Waals surface area contributed by atoms with Gasteiger partial charge in [0.05, 0.1) is 18.2 Å². The number of carbonyl (C=O) groups excluding carboxylic acids is 1. The topological polar surface area (TPSA) is 34.9 Å². The Balaban J connectivity index is 3.02. The molecule has 0 bridgehead atoms. The minimum atomic E-state index is 0.0986. The van der Waals surface area contributed by atoms with Crippen molar-refractivity contribution in [3.63, 3.8) is 0 Å². The van der Waals surface area contributed by atoms with Crippen molar-refractivity contribution >= 4 is 11.9 Å². The Morgan fingerprint density at radius 2 is 2.14 bits per heavy atom. The predicted octanol–water partition coefficient (Wildman–Crippen LogP) is 2.46. The van der Waals surface area contributed by atoms with Crippen LogP contribution in [0.4, 0.5) is 0 Å². The van der Waals surface area contributed by atoms with Crippen LogP contribution < -0.4 is 0 Å². The quantitative estimate of drug-likeness (QED) is 0.689. The molecular weight excluding hydrogens is 176 g/mol. The minimum absolute atomic E-state index is 0.0986. The lowest BCUT2D eigenvalue weighted by molar-refractivity contribution is -0.113. The third-order valence-electron chi connectivity index (χ3n) is 2.17. The molecular formula is C11H16N2O. The van der Waals surface area contributed by atoms with Gasteiger partial charge in [0.2, 0.25) is 0 Å². The van der Waals surface area contributed by atoms with Crippen LogP contribution >= 0.6 is 0 Å². The first-order valence-electron chi connectivity index (χ1n) is 4.73. The standard InChI is InChI=1S/C11H16N2O/c1-8(2)13-7-12-6-11(13)5-9(3)10(4)14/h5-8H,1-4H3/b9-5-. The number of hydrogen-bond donors (Lipinski definition) is 0. The molecule has 1 heterocycles. The fourth-order valence-corrected chi connectivity index (χ4v) is 1.18. The Morgan fingerprint density at radius 3 is 2.64 bits per heavy atom. The van der Waals surface area contributed by atoms with E-state index in [0.29, 0.717) is 6.04 Å². The van der Waals surface area contributed by atoms with E-state index in [9.17, 15) is 4.79 Å². The smallest absolute Gasteiger partial charge is 0.155 e. The molecule has 0 unspecified atom stereocenters. The summed E-state index contributed by atoms with van der Waals surface area (Å²) in [6.07, 6.45) is 5.42. The molecule has 14 heavy (non-hydrogen) atoms. The van der Waals surface area contributed by atoms with E-state index >= 15 is 0 Å². The van der Waals surface area contributed by atoms with Crippen LogP contribution in [0.25, 0.3) is 6.08 Å². The maximum absolute atomic E-state index is 11.1. The monoisotopic (exact) mass is 192 g/mol. The van der Waals surface area contributed by atoms with Gasteiger partial charge in [-0.15, -0.1) is 0 Å². The SMILES string of the molecule is CC(=O)/C(C)=C\c1cncn1C(C)C. The summed E-state index contributed by atoms with van der Waals surface area (Å²) >= 11 is 0. The Kier molecular flexibility index (Phi) is 3.23. The minimum Gasteiger partial charge on any atom is -0.329 e. The maximum atomic E-state index is 11.1. The Labute approximate surface area is 84.5 Å². The molecule has 0 saturated heterocycles. The maximum Gasteiger partial charge on any atom is 0.155 e. The number of aromatic nitrogens is 2. The zero-order valence-electron chi connectivity index (χ0n) is 9.11. The van der Waals surface area contributed by atoms with Crippen molar-refractivity contribution in [3.05, 3.63) is 23.8 Å². The number of nitrogens with zero attached hydrogens (tertiary/aromatic N) is 2. The summed E-state index contributed by atoms with van der Waals surface area (Å²) in [7, 11) is 0. The number of hydrogen-bond acceptors (Lipinski definition) is 2. The van der Waals surface area contributed by atoms with Crippen molar-refractivity contribution in [2.45, 2.75) is 33.7 Å². The summed E-state index contributed by atoms with van der Waals surface area (Å²) < 4.78 is 2.03. The van der Waals surface area contributed by atoms with E-state index in [1.807, 2.05) is 17.6 Å². The van der Waals surface area contributed by atoms with Crippen molar-refractivity contribution < 1.29 is 4.79 Å². The second-order valence-corrected chi connectivity index (χ2v) is 3.70. The van der Waals surface area contributed by atoms with Crippen LogP contribution in [0.3, 0.4) is 0 Å². The van der Waals surface area contributed by atoms with Gasteiger partial charge >= 0.3 is 0 Å². The van der Waals surface area contributed by atoms with Crippen LogP contribution in [-0.4, -0.2) is 15.3 Å². The normalized spacial score (nSPS) is 12.2. The van der Waals surface area contributed by atoms with Crippen LogP contribution in [0.2, 0.25) is 0 Å². The highest BCUT2D eigenvalue weighted by Gasteiger charge is 2.04. The van der Waals surface area contributed by atoms with E-state index < -0.39 is 0 Å². The largest absolute Gasteiger partial charge is 0.329 e. The molecule has 3 nitrogen and oxygen atoms in total. The molecule has 1 rings (SSSR count). The molecule has 0 saturated carbocycles. The average Bonchev–Trinajstić information content (AvgIpc) is 2.52. The first-order chi connectivity index (χ1) is 6.52. The summed E-state index contributed by atoms with van der Waals surface area (Å²) in [5, 5.41) is 0. The molecule has 0 aliphatic heterocycles. The van der Waals surface area contributed by atoms with Crippen molar-refractivity contribution in [3.8, 4) is 0 Å². The highest BCUT2D eigenvalue weighted by atomic mass is 16.1. The summed E-state index contributed by atoms with van der Waals surface area (Å²) in [6.45, 7) is 7.56. The van der Waals surface area contributed by atoms with E-state index in [2.05, 4.69) is 18.8 Å². The summed E-state index contributed by atoms with van der Waals surface area (Å²) in [5.41, 5.74) is 1.74. The van der Waals surface area contributed by atoms with Crippen molar-refractivity contribution in [2.24, 2.45) is 0 Å². The molecule has 0 fully saturated rings. The Hall–Kier alpha value is -1.38. The Morgan fingerprint density at radius 1 is 1.50 bits per heavy atom. The lowest BCUT2D eigenvalue weighted by atomic mass is 10.2. The van der Waals surface area contributed by atoms with Crippen LogP contribution in [0, 0.1) is 0 Å². The molecule has 1 aromatic heterocycles. The number of carbonyl (C=O) groups is 1. The third-order valence-corrected chi connectivity index (χ3v) is 2.17. The van der Waals surface area contributed by atoms with E-state index in [-0.39, 0.29) is 5.78 Å². The summed E-state index contributed by atoms with van der Waals surface area (Å²) in [6, 6.07) is 0.364. The second kappa shape index (κ2) is 4.22. The van der Waals surface area contributed by atoms with Gasteiger partial charge in [0.1, 0.15) is 0 Å².